The normalized spacial score (nSPS) is 14.9. The maximum Gasteiger partial charge on any atom is 0.114 e. The quantitative estimate of drug-likeness (QED) is 0.759. The molecule has 2 rings (SSSR count). The predicted molar refractivity (Wildman–Crippen MR) is 51.9 cm³/mol. The van der Waals surface area contributed by atoms with Crippen molar-refractivity contribution in [2.45, 2.75) is 13.0 Å². The van der Waals surface area contributed by atoms with Gasteiger partial charge >= 0.3 is 0 Å². The van der Waals surface area contributed by atoms with E-state index >= 15 is 0 Å². The van der Waals surface area contributed by atoms with Gasteiger partial charge in [0.2, 0.25) is 0 Å². The van der Waals surface area contributed by atoms with Gasteiger partial charge in [0.05, 0.1) is 0 Å². The van der Waals surface area contributed by atoms with E-state index < -0.39 is 0 Å². The molecule has 2 nitrogen and oxygen atoms in total. The van der Waals surface area contributed by atoms with Crippen LogP contribution in [0.5, 0.6) is 0 Å². The van der Waals surface area contributed by atoms with Gasteiger partial charge in [0, 0.05) is 19.2 Å². The van der Waals surface area contributed by atoms with Gasteiger partial charge in [-0.15, -0.1) is 0 Å². The van der Waals surface area contributed by atoms with E-state index in [-0.39, 0.29) is 0 Å². The molecule has 2 heteroatoms. The Balaban J connectivity index is 1.86. The summed E-state index contributed by atoms with van der Waals surface area (Å²) in [5, 5.41) is 3.12. The van der Waals surface area contributed by atoms with Gasteiger partial charge in [0.25, 0.3) is 0 Å². The van der Waals surface area contributed by atoms with Gasteiger partial charge in [-0.25, -0.2) is 0 Å². The second-order valence-corrected chi connectivity index (χ2v) is 3.09. The minimum Gasteiger partial charge on any atom is -0.492 e. The fraction of sp³-hybridized carbons (Fsp3) is 0.273. The Labute approximate surface area is 78.2 Å². The van der Waals surface area contributed by atoms with Crippen LogP contribution in [0.4, 0.5) is 0 Å². The number of hydrogen-bond donors (Lipinski definition) is 1. The summed E-state index contributed by atoms with van der Waals surface area (Å²) in [5.41, 5.74) is 1.22. The highest BCUT2D eigenvalue weighted by Crippen LogP contribution is 2.10. The van der Waals surface area contributed by atoms with Crippen LogP contribution in [0.25, 0.3) is 0 Å². The van der Waals surface area contributed by atoms with Crippen LogP contribution >= 0.6 is 0 Å². The summed E-state index contributed by atoms with van der Waals surface area (Å²) in [4.78, 5) is 0. The van der Waals surface area contributed by atoms with Crippen molar-refractivity contribution in [3.63, 3.8) is 0 Å². The van der Waals surface area contributed by atoms with Gasteiger partial charge in [-0.3, -0.25) is 0 Å². The van der Waals surface area contributed by atoms with Gasteiger partial charge in [0.15, 0.2) is 0 Å². The molecule has 1 N–H and O–H groups in total. The van der Waals surface area contributed by atoms with Crippen molar-refractivity contribution in [2.75, 3.05) is 6.54 Å². The molecule has 68 valence electrons. The highest BCUT2D eigenvalue weighted by atomic mass is 16.5. The van der Waals surface area contributed by atoms with Crippen molar-refractivity contribution in [1.82, 2.24) is 5.32 Å². The van der Waals surface area contributed by atoms with E-state index in [9.17, 15) is 0 Å². The SMILES string of the molecule is C1=C(OCc2ccccc2)CCN1. The number of hydrogen-bond acceptors (Lipinski definition) is 2. The molecule has 0 aromatic heterocycles. The minimum atomic E-state index is 0.675. The predicted octanol–water partition coefficient (Wildman–Crippen LogP) is 2.04. The molecule has 1 aromatic carbocycles. The first kappa shape index (κ1) is 8.17. The van der Waals surface area contributed by atoms with Crippen molar-refractivity contribution >= 4 is 0 Å². The third-order valence-corrected chi connectivity index (χ3v) is 2.05. The Morgan fingerprint density at radius 1 is 1.23 bits per heavy atom. The first-order valence-electron chi connectivity index (χ1n) is 4.54. The summed E-state index contributed by atoms with van der Waals surface area (Å²) in [6, 6.07) is 10.2. The molecule has 1 heterocycles. The van der Waals surface area contributed by atoms with Crippen LogP contribution in [0.2, 0.25) is 0 Å². The highest BCUT2D eigenvalue weighted by molar-refractivity contribution is 5.14. The molecule has 0 spiro atoms. The lowest BCUT2D eigenvalue weighted by atomic mass is 10.2. The zero-order valence-corrected chi connectivity index (χ0v) is 7.49. The molecule has 0 amide bonds. The average Bonchev–Trinajstić information content (AvgIpc) is 2.69. The fourth-order valence-corrected chi connectivity index (χ4v) is 1.32. The molecule has 0 saturated carbocycles. The summed E-state index contributed by atoms with van der Waals surface area (Å²) in [6.45, 7) is 1.68. The Bertz CT molecular complexity index is 292. The van der Waals surface area contributed by atoms with E-state index in [1.165, 1.54) is 5.56 Å². The van der Waals surface area contributed by atoms with E-state index in [4.69, 9.17) is 4.74 Å². The third-order valence-electron chi connectivity index (χ3n) is 2.05. The number of nitrogens with one attached hydrogen (secondary N) is 1. The smallest absolute Gasteiger partial charge is 0.114 e. The second kappa shape index (κ2) is 3.99. The lowest BCUT2D eigenvalue weighted by Gasteiger charge is -2.05. The van der Waals surface area contributed by atoms with Crippen molar-refractivity contribution in [3.05, 3.63) is 47.9 Å². The highest BCUT2D eigenvalue weighted by Gasteiger charge is 2.03. The van der Waals surface area contributed by atoms with Crippen LogP contribution in [-0.2, 0) is 11.3 Å². The number of rotatable bonds is 3. The Hall–Kier alpha value is -1.44. The van der Waals surface area contributed by atoms with Gasteiger partial charge < -0.3 is 10.1 Å². The third kappa shape index (κ3) is 2.25. The Morgan fingerprint density at radius 2 is 2.08 bits per heavy atom. The number of benzene rings is 1. The van der Waals surface area contributed by atoms with E-state index in [0.717, 1.165) is 18.7 Å². The molecule has 0 saturated heterocycles. The summed E-state index contributed by atoms with van der Waals surface area (Å²) in [5.74, 6) is 1.06. The average molecular weight is 175 g/mol. The second-order valence-electron chi connectivity index (χ2n) is 3.09. The lowest BCUT2D eigenvalue weighted by Crippen LogP contribution is -1.96. The minimum absolute atomic E-state index is 0.675. The summed E-state index contributed by atoms with van der Waals surface area (Å²) in [7, 11) is 0. The summed E-state index contributed by atoms with van der Waals surface area (Å²) < 4.78 is 5.59. The molecule has 0 unspecified atom stereocenters. The Kier molecular flexibility index (Phi) is 2.51. The zero-order valence-electron chi connectivity index (χ0n) is 7.49. The van der Waals surface area contributed by atoms with Gasteiger partial charge in [0.1, 0.15) is 12.4 Å². The monoisotopic (exact) mass is 175 g/mol. The molecule has 1 aromatic rings. The van der Waals surface area contributed by atoms with Crippen LogP contribution < -0.4 is 5.32 Å². The molecule has 0 aliphatic carbocycles. The van der Waals surface area contributed by atoms with Crippen LogP contribution in [0, 0.1) is 0 Å². The molecular formula is C11H13NO. The summed E-state index contributed by atoms with van der Waals surface area (Å²) in [6.07, 6.45) is 2.95. The van der Waals surface area contributed by atoms with E-state index in [0.29, 0.717) is 6.61 Å². The molecule has 0 radical (unpaired) electrons. The molecule has 13 heavy (non-hydrogen) atoms. The molecule has 0 fully saturated rings. The maximum atomic E-state index is 5.59. The van der Waals surface area contributed by atoms with Crippen molar-refractivity contribution in [1.29, 1.82) is 0 Å². The topological polar surface area (TPSA) is 21.3 Å². The zero-order chi connectivity index (χ0) is 8.93. The summed E-state index contributed by atoms with van der Waals surface area (Å²) >= 11 is 0. The van der Waals surface area contributed by atoms with Crippen molar-refractivity contribution < 1.29 is 4.74 Å². The van der Waals surface area contributed by atoms with Crippen LogP contribution in [0.1, 0.15) is 12.0 Å². The van der Waals surface area contributed by atoms with Gasteiger partial charge in [-0.2, -0.15) is 0 Å². The van der Waals surface area contributed by atoms with Crippen LogP contribution in [0.3, 0.4) is 0 Å². The molecule has 0 bridgehead atoms. The van der Waals surface area contributed by atoms with E-state index in [1.807, 2.05) is 24.4 Å². The first-order valence-corrected chi connectivity index (χ1v) is 4.54. The van der Waals surface area contributed by atoms with Crippen LogP contribution in [-0.4, -0.2) is 6.54 Å². The van der Waals surface area contributed by atoms with Gasteiger partial charge in [-0.1, -0.05) is 30.3 Å². The van der Waals surface area contributed by atoms with Crippen LogP contribution in [0.15, 0.2) is 42.3 Å². The molecular weight excluding hydrogens is 162 g/mol. The standard InChI is InChI=1S/C11H13NO/c1-2-4-10(5-3-1)9-13-11-6-7-12-8-11/h1-5,8,12H,6-7,9H2. The lowest BCUT2D eigenvalue weighted by molar-refractivity contribution is 0.194. The largest absolute Gasteiger partial charge is 0.492 e. The fourth-order valence-electron chi connectivity index (χ4n) is 1.32. The first-order chi connectivity index (χ1) is 6.45. The molecule has 1 aliphatic heterocycles. The Morgan fingerprint density at radius 3 is 2.77 bits per heavy atom. The van der Waals surface area contributed by atoms with Crippen molar-refractivity contribution in [3.8, 4) is 0 Å². The van der Waals surface area contributed by atoms with E-state index in [2.05, 4.69) is 17.4 Å². The maximum absolute atomic E-state index is 5.59. The number of ether oxygens (including phenoxy) is 1. The van der Waals surface area contributed by atoms with E-state index in [1.54, 1.807) is 0 Å². The van der Waals surface area contributed by atoms with Gasteiger partial charge in [-0.05, 0) is 5.56 Å². The molecule has 1 aliphatic rings. The van der Waals surface area contributed by atoms with Crippen molar-refractivity contribution in [2.24, 2.45) is 0 Å². The molecule has 0 atom stereocenters.